The zero-order valence-corrected chi connectivity index (χ0v) is 11.4. The summed E-state index contributed by atoms with van der Waals surface area (Å²) >= 11 is 0. The summed E-state index contributed by atoms with van der Waals surface area (Å²) in [6, 6.07) is 4.85. The first kappa shape index (κ1) is 12.9. The van der Waals surface area contributed by atoms with Crippen LogP contribution >= 0.6 is 0 Å². The molecule has 2 aliphatic carbocycles. The summed E-state index contributed by atoms with van der Waals surface area (Å²) in [7, 11) is 1.53. The van der Waals surface area contributed by atoms with Gasteiger partial charge in [-0.05, 0) is 49.7 Å². The second-order valence-electron chi connectivity index (χ2n) is 5.93. The second kappa shape index (κ2) is 4.78. The minimum Gasteiger partial charge on any atom is -0.497 e. The van der Waals surface area contributed by atoms with Gasteiger partial charge in [-0.1, -0.05) is 12.8 Å². The van der Waals surface area contributed by atoms with Gasteiger partial charge in [0.25, 0.3) is 0 Å². The van der Waals surface area contributed by atoms with Crippen LogP contribution in [-0.2, 0) is 5.60 Å². The average Bonchev–Trinajstić information content (AvgIpc) is 2.37. The van der Waals surface area contributed by atoms with Crippen LogP contribution in [0.15, 0.2) is 18.2 Å². The van der Waals surface area contributed by atoms with E-state index in [9.17, 15) is 9.50 Å². The van der Waals surface area contributed by atoms with E-state index in [0.717, 1.165) is 38.5 Å². The smallest absolute Gasteiger partial charge is 0.132 e. The minimum atomic E-state index is -0.965. The molecular weight excluding hydrogens is 243 g/mol. The van der Waals surface area contributed by atoms with Crippen molar-refractivity contribution >= 4 is 0 Å². The molecule has 1 N–H and O–H groups in total. The van der Waals surface area contributed by atoms with Crippen LogP contribution in [0.4, 0.5) is 4.39 Å². The summed E-state index contributed by atoms with van der Waals surface area (Å²) in [6.07, 6.45) is 6.37. The number of hydrogen-bond acceptors (Lipinski definition) is 2. The van der Waals surface area contributed by atoms with E-state index in [2.05, 4.69) is 0 Å². The molecule has 0 aromatic heterocycles. The summed E-state index contributed by atoms with van der Waals surface area (Å²) in [4.78, 5) is 0. The third-order valence-electron chi connectivity index (χ3n) is 5.06. The van der Waals surface area contributed by atoms with Gasteiger partial charge in [-0.15, -0.1) is 0 Å². The fourth-order valence-electron chi connectivity index (χ4n) is 4.11. The molecule has 0 unspecified atom stereocenters. The van der Waals surface area contributed by atoms with Crippen molar-refractivity contribution in [2.24, 2.45) is 11.8 Å². The third-order valence-corrected chi connectivity index (χ3v) is 5.06. The molecule has 0 atom stereocenters. The van der Waals surface area contributed by atoms with E-state index >= 15 is 0 Å². The Morgan fingerprint density at radius 3 is 2.21 bits per heavy atom. The zero-order chi connectivity index (χ0) is 13.5. The van der Waals surface area contributed by atoms with Crippen LogP contribution in [0.25, 0.3) is 0 Å². The van der Waals surface area contributed by atoms with Gasteiger partial charge < -0.3 is 9.84 Å². The molecule has 0 aliphatic heterocycles. The van der Waals surface area contributed by atoms with Crippen LogP contribution in [0.2, 0.25) is 0 Å². The molecule has 1 aromatic rings. The zero-order valence-electron chi connectivity index (χ0n) is 11.4. The molecule has 104 valence electrons. The van der Waals surface area contributed by atoms with Gasteiger partial charge in [0.1, 0.15) is 11.6 Å². The molecule has 2 bridgehead atoms. The molecule has 2 aliphatic rings. The van der Waals surface area contributed by atoms with E-state index in [1.165, 1.54) is 13.2 Å². The normalized spacial score (nSPS) is 34.1. The van der Waals surface area contributed by atoms with Gasteiger partial charge in [0.15, 0.2) is 0 Å². The Morgan fingerprint density at radius 2 is 1.74 bits per heavy atom. The number of hydrogen-bond donors (Lipinski definition) is 1. The van der Waals surface area contributed by atoms with Crippen molar-refractivity contribution in [3.05, 3.63) is 29.6 Å². The van der Waals surface area contributed by atoms with Gasteiger partial charge in [-0.25, -0.2) is 4.39 Å². The standard InChI is InChI=1S/C16H21FO2/c1-19-13-8-9-14(15(17)10-13)16(18)11-4-2-5-12(16)7-3-6-11/h8-12,18H,2-7H2,1H3. The van der Waals surface area contributed by atoms with Crippen molar-refractivity contribution in [1.29, 1.82) is 0 Å². The van der Waals surface area contributed by atoms with Crippen molar-refractivity contribution in [3.63, 3.8) is 0 Å². The van der Waals surface area contributed by atoms with Gasteiger partial charge in [-0.2, -0.15) is 0 Å². The van der Waals surface area contributed by atoms with Crippen LogP contribution in [0, 0.1) is 17.7 Å². The maximum atomic E-state index is 14.3. The number of ether oxygens (including phenoxy) is 1. The first-order valence-electron chi connectivity index (χ1n) is 7.22. The SMILES string of the molecule is COc1ccc(C2(O)C3CCCC2CCC3)c(F)c1. The fourth-order valence-corrected chi connectivity index (χ4v) is 4.11. The third kappa shape index (κ3) is 1.95. The fraction of sp³-hybridized carbons (Fsp3) is 0.625. The number of aliphatic hydroxyl groups is 1. The maximum Gasteiger partial charge on any atom is 0.132 e. The van der Waals surface area contributed by atoms with E-state index < -0.39 is 5.60 Å². The van der Waals surface area contributed by atoms with Gasteiger partial charge in [0.2, 0.25) is 0 Å². The summed E-state index contributed by atoms with van der Waals surface area (Å²) < 4.78 is 19.4. The van der Waals surface area contributed by atoms with Crippen LogP contribution in [0.3, 0.4) is 0 Å². The van der Waals surface area contributed by atoms with E-state index in [0.29, 0.717) is 11.3 Å². The highest BCUT2D eigenvalue weighted by atomic mass is 19.1. The Labute approximate surface area is 113 Å². The molecule has 0 saturated heterocycles. The highest BCUT2D eigenvalue weighted by Crippen LogP contribution is 2.53. The Hall–Kier alpha value is -1.09. The van der Waals surface area contributed by atoms with E-state index in [-0.39, 0.29) is 17.7 Å². The van der Waals surface area contributed by atoms with Gasteiger partial charge >= 0.3 is 0 Å². The lowest BCUT2D eigenvalue weighted by atomic mass is 9.59. The first-order valence-corrected chi connectivity index (χ1v) is 7.22. The van der Waals surface area contributed by atoms with Crippen molar-refractivity contribution in [3.8, 4) is 5.75 Å². The van der Waals surface area contributed by atoms with Gasteiger partial charge in [0, 0.05) is 11.6 Å². The lowest BCUT2D eigenvalue weighted by Gasteiger charge is -2.50. The summed E-state index contributed by atoms with van der Waals surface area (Å²) in [5.74, 6) is 0.595. The largest absolute Gasteiger partial charge is 0.497 e. The molecular formula is C16H21FO2. The highest BCUT2D eigenvalue weighted by molar-refractivity contribution is 5.34. The number of halogens is 1. The minimum absolute atomic E-state index is 0.211. The first-order chi connectivity index (χ1) is 9.16. The quantitative estimate of drug-likeness (QED) is 0.884. The van der Waals surface area contributed by atoms with Crippen molar-refractivity contribution < 1.29 is 14.2 Å². The molecule has 2 fully saturated rings. The molecule has 3 heteroatoms. The average molecular weight is 264 g/mol. The highest BCUT2D eigenvalue weighted by Gasteiger charge is 2.50. The molecule has 1 aromatic carbocycles. The van der Waals surface area contributed by atoms with Gasteiger partial charge in [-0.3, -0.25) is 0 Å². The maximum absolute atomic E-state index is 14.3. The molecule has 0 spiro atoms. The molecule has 0 radical (unpaired) electrons. The van der Waals surface area contributed by atoms with Crippen molar-refractivity contribution in [1.82, 2.24) is 0 Å². The Kier molecular flexibility index (Phi) is 3.25. The monoisotopic (exact) mass is 264 g/mol. The molecule has 0 heterocycles. The number of rotatable bonds is 2. The predicted molar refractivity (Wildman–Crippen MR) is 71.5 cm³/mol. The van der Waals surface area contributed by atoms with E-state index in [4.69, 9.17) is 4.74 Å². The molecule has 19 heavy (non-hydrogen) atoms. The summed E-state index contributed by atoms with van der Waals surface area (Å²) in [6.45, 7) is 0. The summed E-state index contributed by atoms with van der Waals surface area (Å²) in [5, 5.41) is 11.2. The van der Waals surface area contributed by atoms with Gasteiger partial charge in [0.05, 0.1) is 12.7 Å². The lowest BCUT2D eigenvalue weighted by molar-refractivity contribution is -0.128. The topological polar surface area (TPSA) is 29.5 Å². The second-order valence-corrected chi connectivity index (χ2v) is 5.93. The predicted octanol–water partition coefficient (Wildman–Crippen LogP) is 3.62. The Balaban J connectivity index is 2.03. The van der Waals surface area contributed by atoms with E-state index in [1.807, 2.05) is 0 Å². The number of methoxy groups -OCH3 is 1. The number of fused-ring (bicyclic) bond motifs is 2. The molecule has 2 saturated carbocycles. The van der Waals surface area contributed by atoms with Crippen LogP contribution < -0.4 is 4.74 Å². The molecule has 2 nitrogen and oxygen atoms in total. The Morgan fingerprint density at radius 1 is 1.16 bits per heavy atom. The summed E-state index contributed by atoms with van der Waals surface area (Å²) in [5.41, 5.74) is -0.491. The molecule has 0 amide bonds. The lowest BCUT2D eigenvalue weighted by Crippen LogP contribution is -2.48. The van der Waals surface area contributed by atoms with Crippen LogP contribution in [-0.4, -0.2) is 12.2 Å². The van der Waals surface area contributed by atoms with Crippen LogP contribution in [0.1, 0.15) is 44.1 Å². The van der Waals surface area contributed by atoms with Crippen LogP contribution in [0.5, 0.6) is 5.75 Å². The van der Waals surface area contributed by atoms with Crippen molar-refractivity contribution in [2.45, 2.75) is 44.1 Å². The Bertz CT molecular complexity index is 450. The number of benzene rings is 1. The van der Waals surface area contributed by atoms with Crippen molar-refractivity contribution in [2.75, 3.05) is 7.11 Å². The van der Waals surface area contributed by atoms with E-state index in [1.54, 1.807) is 12.1 Å². The molecule has 3 rings (SSSR count).